The Morgan fingerprint density at radius 2 is 1.82 bits per heavy atom. The Hall–Kier alpha value is -2.21. The number of benzene rings is 2. The molecule has 0 bridgehead atoms. The molecular weight excluding hydrogens is 303 g/mol. The van der Waals surface area contributed by atoms with Crippen LogP contribution in [-0.2, 0) is 9.84 Å². The van der Waals surface area contributed by atoms with Crippen molar-refractivity contribution >= 4 is 20.9 Å². The van der Waals surface area contributed by atoms with Crippen LogP contribution in [0.2, 0.25) is 0 Å². The van der Waals surface area contributed by atoms with E-state index in [-0.39, 0.29) is 16.5 Å². The van der Waals surface area contributed by atoms with Gasteiger partial charge < -0.3 is 0 Å². The predicted octanol–water partition coefficient (Wildman–Crippen LogP) is 3.27. The number of hydrogen-bond donors (Lipinski definition) is 0. The zero-order valence-corrected chi connectivity index (χ0v) is 13.1. The standard InChI is InChI=1S/C16H15FN2O2S/c1-3-22(20,21)14-7-5-13(6-8-14)19-11(2)18-15-9-4-12(17)10-16(15)19/h4-10H,3H2,1-2H3. The van der Waals surface area contributed by atoms with E-state index in [0.717, 1.165) is 5.69 Å². The van der Waals surface area contributed by atoms with Crippen LogP contribution >= 0.6 is 0 Å². The molecule has 22 heavy (non-hydrogen) atoms. The molecule has 114 valence electrons. The summed E-state index contributed by atoms with van der Waals surface area (Å²) in [5, 5.41) is 0. The van der Waals surface area contributed by atoms with Gasteiger partial charge in [-0.2, -0.15) is 0 Å². The van der Waals surface area contributed by atoms with E-state index < -0.39 is 9.84 Å². The third kappa shape index (κ3) is 2.39. The minimum Gasteiger partial charge on any atom is -0.296 e. The highest BCUT2D eigenvalue weighted by molar-refractivity contribution is 7.91. The number of fused-ring (bicyclic) bond motifs is 1. The Labute approximate surface area is 128 Å². The van der Waals surface area contributed by atoms with Crippen molar-refractivity contribution in [3.8, 4) is 5.69 Å². The van der Waals surface area contributed by atoms with Crippen LogP contribution in [0.15, 0.2) is 47.4 Å². The molecule has 6 heteroatoms. The molecule has 1 aromatic heterocycles. The molecule has 3 aromatic rings. The number of halogens is 1. The van der Waals surface area contributed by atoms with Crippen LogP contribution in [0.5, 0.6) is 0 Å². The zero-order chi connectivity index (χ0) is 15.9. The number of sulfone groups is 1. The van der Waals surface area contributed by atoms with E-state index in [9.17, 15) is 12.8 Å². The maximum absolute atomic E-state index is 13.5. The summed E-state index contributed by atoms with van der Waals surface area (Å²) in [5.74, 6) is 0.440. The van der Waals surface area contributed by atoms with Crippen molar-refractivity contribution < 1.29 is 12.8 Å². The first-order chi connectivity index (χ1) is 10.4. The lowest BCUT2D eigenvalue weighted by Crippen LogP contribution is -2.04. The second-order valence-electron chi connectivity index (χ2n) is 5.02. The van der Waals surface area contributed by atoms with E-state index in [1.165, 1.54) is 12.1 Å². The maximum atomic E-state index is 13.5. The molecule has 0 amide bonds. The van der Waals surface area contributed by atoms with Gasteiger partial charge in [-0.3, -0.25) is 4.57 Å². The minimum absolute atomic E-state index is 0.0601. The molecule has 0 spiro atoms. The highest BCUT2D eigenvalue weighted by atomic mass is 32.2. The number of imidazole rings is 1. The minimum atomic E-state index is -3.23. The summed E-state index contributed by atoms with van der Waals surface area (Å²) >= 11 is 0. The topological polar surface area (TPSA) is 52.0 Å². The molecule has 2 aromatic carbocycles. The van der Waals surface area contributed by atoms with Gasteiger partial charge in [-0.1, -0.05) is 6.92 Å². The molecule has 4 nitrogen and oxygen atoms in total. The summed E-state index contributed by atoms with van der Waals surface area (Å²) in [6.07, 6.45) is 0. The molecular formula is C16H15FN2O2S. The average Bonchev–Trinajstić information content (AvgIpc) is 2.82. The maximum Gasteiger partial charge on any atom is 0.178 e. The molecule has 0 unspecified atom stereocenters. The molecule has 0 radical (unpaired) electrons. The molecule has 0 aliphatic carbocycles. The Bertz CT molecular complexity index is 944. The van der Waals surface area contributed by atoms with Crippen molar-refractivity contribution in [3.63, 3.8) is 0 Å². The van der Waals surface area contributed by atoms with Gasteiger partial charge in [0.05, 0.1) is 21.7 Å². The molecule has 0 aliphatic rings. The molecule has 0 fully saturated rings. The molecule has 0 N–H and O–H groups in total. The Balaban J connectivity index is 2.16. The number of rotatable bonds is 3. The summed E-state index contributed by atoms with van der Waals surface area (Å²) < 4.78 is 39.0. The zero-order valence-electron chi connectivity index (χ0n) is 12.2. The second-order valence-corrected chi connectivity index (χ2v) is 7.30. The van der Waals surface area contributed by atoms with Crippen LogP contribution in [0.25, 0.3) is 16.7 Å². The van der Waals surface area contributed by atoms with Crippen molar-refractivity contribution in [2.75, 3.05) is 5.75 Å². The number of nitrogens with zero attached hydrogens (tertiary/aromatic N) is 2. The Morgan fingerprint density at radius 3 is 2.45 bits per heavy atom. The number of aromatic nitrogens is 2. The molecule has 3 rings (SSSR count). The summed E-state index contributed by atoms with van der Waals surface area (Å²) in [4.78, 5) is 4.68. The molecule has 0 saturated heterocycles. The van der Waals surface area contributed by atoms with Crippen LogP contribution in [0.4, 0.5) is 4.39 Å². The van der Waals surface area contributed by atoms with Crippen molar-refractivity contribution in [3.05, 3.63) is 54.1 Å². The highest BCUT2D eigenvalue weighted by Crippen LogP contribution is 2.23. The van der Waals surface area contributed by atoms with Crippen LogP contribution in [0.1, 0.15) is 12.7 Å². The Kier molecular flexibility index (Phi) is 3.48. The average molecular weight is 318 g/mol. The Morgan fingerprint density at radius 1 is 1.14 bits per heavy atom. The lowest BCUT2D eigenvalue weighted by Gasteiger charge is -2.08. The first-order valence-electron chi connectivity index (χ1n) is 6.90. The van der Waals surface area contributed by atoms with Crippen LogP contribution in [-0.4, -0.2) is 23.7 Å². The summed E-state index contributed by atoms with van der Waals surface area (Å²) in [6.45, 7) is 3.44. The second kappa shape index (κ2) is 5.21. The fraction of sp³-hybridized carbons (Fsp3) is 0.188. The first-order valence-corrected chi connectivity index (χ1v) is 8.55. The van der Waals surface area contributed by atoms with Crippen molar-refractivity contribution in [1.82, 2.24) is 9.55 Å². The fourth-order valence-electron chi connectivity index (χ4n) is 2.46. The van der Waals surface area contributed by atoms with Gasteiger partial charge in [-0.15, -0.1) is 0 Å². The quantitative estimate of drug-likeness (QED) is 0.745. The van der Waals surface area contributed by atoms with E-state index >= 15 is 0 Å². The fourth-order valence-corrected chi connectivity index (χ4v) is 3.35. The monoisotopic (exact) mass is 318 g/mol. The van der Waals surface area contributed by atoms with E-state index in [2.05, 4.69) is 4.98 Å². The number of hydrogen-bond acceptors (Lipinski definition) is 3. The van der Waals surface area contributed by atoms with Crippen molar-refractivity contribution in [1.29, 1.82) is 0 Å². The lowest BCUT2D eigenvalue weighted by molar-refractivity contribution is 0.597. The van der Waals surface area contributed by atoms with E-state index in [4.69, 9.17) is 0 Å². The summed E-state index contributed by atoms with van der Waals surface area (Å²) in [5.41, 5.74) is 2.11. The molecule has 0 saturated carbocycles. The van der Waals surface area contributed by atoms with Crippen molar-refractivity contribution in [2.45, 2.75) is 18.7 Å². The van der Waals surface area contributed by atoms with Crippen LogP contribution in [0, 0.1) is 12.7 Å². The molecule has 0 aliphatic heterocycles. The largest absolute Gasteiger partial charge is 0.296 e. The molecule has 1 heterocycles. The van der Waals surface area contributed by atoms with E-state index in [1.54, 1.807) is 41.8 Å². The SMILES string of the molecule is CCS(=O)(=O)c1ccc(-n2c(C)nc3ccc(F)cc32)cc1. The third-order valence-corrected chi connectivity index (χ3v) is 5.37. The smallest absolute Gasteiger partial charge is 0.178 e. The normalized spacial score (nSPS) is 12.0. The summed E-state index contributed by atoms with van der Waals surface area (Å²) in [7, 11) is -3.23. The van der Waals surface area contributed by atoms with Crippen LogP contribution < -0.4 is 0 Å². The van der Waals surface area contributed by atoms with Gasteiger partial charge in [0.1, 0.15) is 11.6 Å². The molecule has 0 atom stereocenters. The van der Waals surface area contributed by atoms with Crippen LogP contribution in [0.3, 0.4) is 0 Å². The van der Waals surface area contributed by atoms with Gasteiger partial charge >= 0.3 is 0 Å². The summed E-state index contributed by atoms with van der Waals surface area (Å²) in [6, 6.07) is 11.0. The lowest BCUT2D eigenvalue weighted by atomic mass is 10.2. The van der Waals surface area contributed by atoms with Gasteiger partial charge in [-0.25, -0.2) is 17.8 Å². The third-order valence-electron chi connectivity index (χ3n) is 3.62. The highest BCUT2D eigenvalue weighted by Gasteiger charge is 2.13. The van der Waals surface area contributed by atoms with E-state index in [0.29, 0.717) is 16.9 Å². The predicted molar refractivity (Wildman–Crippen MR) is 83.5 cm³/mol. The van der Waals surface area contributed by atoms with E-state index in [1.807, 2.05) is 6.92 Å². The first kappa shape index (κ1) is 14.7. The van der Waals surface area contributed by atoms with Gasteiger partial charge in [0, 0.05) is 11.8 Å². The number of aryl methyl sites for hydroxylation is 1. The van der Waals surface area contributed by atoms with Gasteiger partial charge in [0.2, 0.25) is 0 Å². The van der Waals surface area contributed by atoms with Gasteiger partial charge in [-0.05, 0) is 43.3 Å². The van der Waals surface area contributed by atoms with Gasteiger partial charge in [0.25, 0.3) is 0 Å². The van der Waals surface area contributed by atoms with Crippen molar-refractivity contribution in [2.24, 2.45) is 0 Å². The van der Waals surface area contributed by atoms with Gasteiger partial charge in [0.15, 0.2) is 9.84 Å².